The summed E-state index contributed by atoms with van der Waals surface area (Å²) in [7, 11) is 0. The molecule has 3 heteroatoms. The highest BCUT2D eigenvalue weighted by Crippen LogP contribution is 2.24. The van der Waals surface area contributed by atoms with Crippen molar-refractivity contribution in [1.82, 2.24) is 9.78 Å². The van der Waals surface area contributed by atoms with E-state index in [1.54, 1.807) is 0 Å². The molecule has 0 aliphatic rings. The monoisotopic (exact) mass is 326 g/mol. The van der Waals surface area contributed by atoms with Crippen molar-refractivity contribution in [3.05, 3.63) is 76.4 Å². The Kier molecular flexibility index (Phi) is 3.70. The Hall–Kier alpha value is -1.87. The third kappa shape index (κ3) is 2.83. The van der Waals surface area contributed by atoms with Crippen LogP contribution in [0.1, 0.15) is 11.3 Å². The maximum atomic E-state index is 4.61. The van der Waals surface area contributed by atoms with Crippen molar-refractivity contribution in [2.45, 2.75) is 13.5 Å². The molecule has 0 aliphatic carbocycles. The van der Waals surface area contributed by atoms with Gasteiger partial charge in [0.15, 0.2) is 0 Å². The molecular weight excluding hydrogens is 312 g/mol. The second-order valence-corrected chi connectivity index (χ2v) is 5.74. The van der Waals surface area contributed by atoms with Crippen LogP contribution in [0.4, 0.5) is 0 Å². The fourth-order valence-electron chi connectivity index (χ4n) is 2.30. The molecule has 0 atom stereocenters. The highest BCUT2D eigenvalue weighted by molar-refractivity contribution is 9.10. The smallest absolute Gasteiger partial charge is 0.0689 e. The molecule has 0 saturated heterocycles. The third-order valence-electron chi connectivity index (χ3n) is 3.20. The van der Waals surface area contributed by atoms with Gasteiger partial charge in [0.2, 0.25) is 0 Å². The minimum atomic E-state index is 0.788. The van der Waals surface area contributed by atoms with Crippen molar-refractivity contribution in [2.24, 2.45) is 0 Å². The van der Waals surface area contributed by atoms with Gasteiger partial charge in [0.25, 0.3) is 0 Å². The lowest BCUT2D eigenvalue weighted by Crippen LogP contribution is -2.03. The van der Waals surface area contributed by atoms with Crippen molar-refractivity contribution in [3.63, 3.8) is 0 Å². The second kappa shape index (κ2) is 5.63. The predicted octanol–water partition coefficient (Wildman–Crippen LogP) is 4.67. The maximum Gasteiger partial charge on any atom is 0.0689 e. The van der Waals surface area contributed by atoms with Gasteiger partial charge < -0.3 is 0 Å². The van der Waals surface area contributed by atoms with E-state index in [2.05, 4.69) is 74.2 Å². The molecular formula is C17H15BrN2. The fourth-order valence-corrected chi connectivity index (χ4v) is 2.70. The average molecular weight is 327 g/mol. The Bertz CT molecular complexity index is 717. The minimum Gasteiger partial charge on any atom is -0.260 e. The highest BCUT2D eigenvalue weighted by Gasteiger charge is 2.08. The molecule has 1 aromatic heterocycles. The first-order valence-corrected chi connectivity index (χ1v) is 7.36. The van der Waals surface area contributed by atoms with Crippen LogP contribution < -0.4 is 0 Å². The van der Waals surface area contributed by atoms with E-state index in [9.17, 15) is 0 Å². The van der Waals surface area contributed by atoms with E-state index in [1.807, 2.05) is 19.1 Å². The molecule has 0 amide bonds. The van der Waals surface area contributed by atoms with Crippen LogP contribution in [-0.2, 0) is 6.54 Å². The Morgan fingerprint density at radius 2 is 1.80 bits per heavy atom. The molecule has 20 heavy (non-hydrogen) atoms. The normalized spacial score (nSPS) is 10.7. The lowest BCUT2D eigenvalue weighted by Gasteiger charge is -2.08. The quantitative estimate of drug-likeness (QED) is 0.683. The van der Waals surface area contributed by atoms with E-state index >= 15 is 0 Å². The molecule has 100 valence electrons. The lowest BCUT2D eigenvalue weighted by atomic mass is 10.1. The first-order valence-electron chi connectivity index (χ1n) is 6.57. The Labute approximate surface area is 127 Å². The summed E-state index contributed by atoms with van der Waals surface area (Å²) in [6.07, 6.45) is 0. The number of nitrogens with zero attached hydrogens (tertiary/aromatic N) is 2. The summed E-state index contributed by atoms with van der Waals surface area (Å²) in [4.78, 5) is 0. The van der Waals surface area contributed by atoms with Gasteiger partial charge in [0.05, 0.1) is 17.9 Å². The van der Waals surface area contributed by atoms with Crippen LogP contribution in [0.25, 0.3) is 11.3 Å². The molecule has 0 spiro atoms. The number of aromatic nitrogens is 2. The summed E-state index contributed by atoms with van der Waals surface area (Å²) in [6, 6.07) is 20.9. The van der Waals surface area contributed by atoms with Crippen molar-refractivity contribution in [1.29, 1.82) is 0 Å². The van der Waals surface area contributed by atoms with Crippen LogP contribution in [0.15, 0.2) is 65.1 Å². The van der Waals surface area contributed by atoms with Crippen LogP contribution in [0.5, 0.6) is 0 Å². The molecule has 2 nitrogen and oxygen atoms in total. The van der Waals surface area contributed by atoms with E-state index in [-0.39, 0.29) is 0 Å². The minimum absolute atomic E-state index is 0.788. The number of rotatable bonds is 3. The Morgan fingerprint density at radius 3 is 2.55 bits per heavy atom. The maximum absolute atomic E-state index is 4.61. The second-order valence-electron chi connectivity index (χ2n) is 4.82. The summed E-state index contributed by atoms with van der Waals surface area (Å²) in [6.45, 7) is 2.82. The molecule has 0 fully saturated rings. The molecule has 0 radical (unpaired) electrons. The first kappa shape index (κ1) is 13.1. The number of hydrogen-bond donors (Lipinski definition) is 0. The van der Waals surface area contributed by atoms with E-state index in [1.165, 1.54) is 11.1 Å². The predicted molar refractivity (Wildman–Crippen MR) is 85.6 cm³/mol. The van der Waals surface area contributed by atoms with Gasteiger partial charge in [-0.3, -0.25) is 4.68 Å². The van der Waals surface area contributed by atoms with Crippen molar-refractivity contribution >= 4 is 15.9 Å². The Morgan fingerprint density at radius 1 is 1.00 bits per heavy atom. The number of hydrogen-bond acceptors (Lipinski definition) is 1. The topological polar surface area (TPSA) is 17.8 Å². The van der Waals surface area contributed by atoms with Gasteiger partial charge in [-0.2, -0.15) is 5.10 Å². The fraction of sp³-hybridized carbons (Fsp3) is 0.118. The highest BCUT2D eigenvalue weighted by atomic mass is 79.9. The average Bonchev–Trinajstić information content (AvgIpc) is 2.81. The van der Waals surface area contributed by atoms with Crippen LogP contribution in [0.3, 0.4) is 0 Å². The molecule has 0 aliphatic heterocycles. The molecule has 3 rings (SSSR count). The lowest BCUT2D eigenvalue weighted by molar-refractivity contribution is 0.686. The standard InChI is InChI=1S/C17H15BrN2/c1-13-10-17(15-8-5-9-16(18)11-15)20(19-13)12-14-6-3-2-4-7-14/h2-11H,12H2,1H3. The van der Waals surface area contributed by atoms with Gasteiger partial charge in [-0.25, -0.2) is 0 Å². The van der Waals surface area contributed by atoms with E-state index in [4.69, 9.17) is 0 Å². The molecule has 2 aromatic carbocycles. The molecule has 1 heterocycles. The van der Waals surface area contributed by atoms with Gasteiger partial charge in [-0.15, -0.1) is 0 Å². The van der Waals surface area contributed by atoms with E-state index < -0.39 is 0 Å². The third-order valence-corrected chi connectivity index (χ3v) is 3.69. The van der Waals surface area contributed by atoms with E-state index in [0.717, 1.165) is 22.4 Å². The summed E-state index contributed by atoms with van der Waals surface area (Å²) in [5.74, 6) is 0. The zero-order chi connectivity index (χ0) is 13.9. The largest absolute Gasteiger partial charge is 0.260 e. The molecule has 0 saturated carbocycles. The number of benzene rings is 2. The zero-order valence-electron chi connectivity index (χ0n) is 11.3. The summed E-state index contributed by atoms with van der Waals surface area (Å²) >= 11 is 3.53. The van der Waals surface area contributed by atoms with Crippen LogP contribution in [0, 0.1) is 6.92 Å². The van der Waals surface area contributed by atoms with Crippen molar-refractivity contribution < 1.29 is 0 Å². The van der Waals surface area contributed by atoms with Gasteiger partial charge in [0.1, 0.15) is 0 Å². The Balaban J connectivity index is 2.00. The van der Waals surface area contributed by atoms with Gasteiger partial charge in [0, 0.05) is 10.0 Å². The van der Waals surface area contributed by atoms with Crippen molar-refractivity contribution in [3.8, 4) is 11.3 Å². The van der Waals surface area contributed by atoms with Crippen molar-refractivity contribution in [2.75, 3.05) is 0 Å². The summed E-state index contributed by atoms with van der Waals surface area (Å²) in [5.41, 5.74) is 4.62. The molecule has 0 unspecified atom stereocenters. The SMILES string of the molecule is Cc1cc(-c2cccc(Br)c2)n(Cc2ccccc2)n1. The van der Waals surface area contributed by atoms with Gasteiger partial charge in [-0.1, -0.05) is 58.4 Å². The number of aryl methyl sites for hydroxylation is 1. The number of halogens is 1. The van der Waals surface area contributed by atoms with Crippen LogP contribution >= 0.6 is 15.9 Å². The molecule has 0 N–H and O–H groups in total. The summed E-state index contributed by atoms with van der Waals surface area (Å²) < 4.78 is 3.15. The van der Waals surface area contributed by atoms with E-state index in [0.29, 0.717) is 0 Å². The summed E-state index contributed by atoms with van der Waals surface area (Å²) in [5, 5.41) is 4.61. The van der Waals surface area contributed by atoms with Gasteiger partial charge in [-0.05, 0) is 30.7 Å². The van der Waals surface area contributed by atoms with Crippen LogP contribution in [-0.4, -0.2) is 9.78 Å². The van der Waals surface area contributed by atoms with Crippen LogP contribution in [0.2, 0.25) is 0 Å². The van der Waals surface area contributed by atoms with Gasteiger partial charge >= 0.3 is 0 Å². The zero-order valence-corrected chi connectivity index (χ0v) is 12.8. The molecule has 0 bridgehead atoms. The first-order chi connectivity index (χ1) is 9.72. The molecule has 3 aromatic rings.